The van der Waals surface area contributed by atoms with Crippen molar-refractivity contribution in [2.45, 2.75) is 12.8 Å². The van der Waals surface area contributed by atoms with E-state index in [0.717, 1.165) is 5.56 Å². The van der Waals surface area contributed by atoms with Crippen LogP contribution in [0.5, 0.6) is 0 Å². The summed E-state index contributed by atoms with van der Waals surface area (Å²) in [5.74, 6) is -3.11. The third-order valence-corrected chi connectivity index (χ3v) is 6.90. The molecule has 0 aliphatic heterocycles. The van der Waals surface area contributed by atoms with Crippen LogP contribution < -0.4 is 0 Å². The summed E-state index contributed by atoms with van der Waals surface area (Å²) in [5, 5.41) is 0. The lowest BCUT2D eigenvalue weighted by molar-refractivity contribution is -0.171. The first-order valence-electron chi connectivity index (χ1n) is 10.5. The van der Waals surface area contributed by atoms with Crippen molar-refractivity contribution in [1.82, 2.24) is 0 Å². The summed E-state index contributed by atoms with van der Waals surface area (Å²) < 4.78 is 10.4. The van der Waals surface area contributed by atoms with Crippen LogP contribution in [0, 0.1) is 29.1 Å². The molecule has 1 unspecified atom stereocenters. The zero-order valence-electron chi connectivity index (χ0n) is 17.7. The molecule has 2 aliphatic carbocycles. The maximum atomic E-state index is 13.9. The molecule has 1 saturated carbocycles. The summed E-state index contributed by atoms with van der Waals surface area (Å²) in [5.41, 5.74) is 0.127. The fourth-order valence-corrected chi connectivity index (χ4v) is 5.61. The molecule has 0 N–H and O–H groups in total. The number of rotatable bonds is 7. The number of hydrogen-bond donors (Lipinski definition) is 0. The van der Waals surface area contributed by atoms with E-state index in [1.807, 2.05) is 48.6 Å². The van der Waals surface area contributed by atoms with Crippen molar-refractivity contribution in [3.63, 3.8) is 0 Å². The largest absolute Gasteiger partial charge is 0.469 e. The Morgan fingerprint density at radius 1 is 0.935 bits per heavy atom. The maximum Gasteiger partial charge on any atom is 0.314 e. The molecule has 0 spiro atoms. The summed E-state index contributed by atoms with van der Waals surface area (Å²) in [6, 6.07) is 18.5. The monoisotopic (exact) mass is 418 g/mol. The fraction of sp³-hybridized carbons (Fsp3) is 0.346. The molecule has 0 saturated heterocycles. The van der Waals surface area contributed by atoms with Crippen molar-refractivity contribution in [2.75, 3.05) is 14.2 Å². The van der Waals surface area contributed by atoms with Gasteiger partial charge in [-0.25, -0.2) is 0 Å². The van der Waals surface area contributed by atoms with Crippen molar-refractivity contribution in [2.24, 2.45) is 29.1 Å². The Bertz CT molecular complexity index is 997. The van der Waals surface area contributed by atoms with Gasteiger partial charge in [0.1, 0.15) is 0 Å². The molecule has 2 bridgehead atoms. The van der Waals surface area contributed by atoms with Crippen LogP contribution in [0.15, 0.2) is 72.8 Å². The second kappa shape index (κ2) is 8.50. The van der Waals surface area contributed by atoms with E-state index in [-0.39, 0.29) is 17.6 Å². The van der Waals surface area contributed by atoms with Crippen molar-refractivity contribution < 1.29 is 23.9 Å². The van der Waals surface area contributed by atoms with Crippen LogP contribution in [0.4, 0.5) is 0 Å². The Kier molecular flexibility index (Phi) is 5.77. The summed E-state index contributed by atoms with van der Waals surface area (Å²) in [6.07, 6.45) is 4.90. The number of carbonyl (C=O) groups is 3. The Hall–Kier alpha value is -3.21. The minimum absolute atomic E-state index is 0.154. The van der Waals surface area contributed by atoms with E-state index >= 15 is 0 Å². The van der Waals surface area contributed by atoms with Crippen LogP contribution in [-0.2, 0) is 25.5 Å². The SMILES string of the molecule is COC(=O)[C@@H]1[C@H]2C=C[C@H](C2)[C@]1(C(=O)OC)C(Cc1ccccc1)C(=O)c1ccccc1. The zero-order valence-corrected chi connectivity index (χ0v) is 17.7. The van der Waals surface area contributed by atoms with E-state index < -0.39 is 29.2 Å². The highest BCUT2D eigenvalue weighted by Crippen LogP contribution is 2.61. The molecule has 5 nitrogen and oxygen atoms in total. The van der Waals surface area contributed by atoms with Crippen molar-refractivity contribution in [3.05, 3.63) is 83.9 Å². The summed E-state index contributed by atoms with van der Waals surface area (Å²) in [6.45, 7) is 0. The highest BCUT2D eigenvalue weighted by molar-refractivity contribution is 6.03. The third kappa shape index (κ3) is 3.38. The number of ketones is 1. The van der Waals surface area contributed by atoms with Gasteiger partial charge in [0.05, 0.1) is 25.6 Å². The molecular formula is C26H26O5. The van der Waals surface area contributed by atoms with Crippen LogP contribution >= 0.6 is 0 Å². The first-order chi connectivity index (χ1) is 15.0. The highest BCUT2D eigenvalue weighted by atomic mass is 16.5. The molecule has 0 amide bonds. The normalized spacial score (nSPS) is 27.0. The van der Waals surface area contributed by atoms with Gasteiger partial charge in [0, 0.05) is 11.5 Å². The van der Waals surface area contributed by atoms with Crippen molar-refractivity contribution in [3.8, 4) is 0 Å². The van der Waals surface area contributed by atoms with E-state index in [1.54, 1.807) is 24.3 Å². The summed E-state index contributed by atoms with van der Waals surface area (Å²) in [4.78, 5) is 40.4. The number of methoxy groups -OCH3 is 2. The van der Waals surface area contributed by atoms with E-state index in [4.69, 9.17) is 9.47 Å². The van der Waals surface area contributed by atoms with E-state index in [2.05, 4.69) is 0 Å². The van der Waals surface area contributed by atoms with Gasteiger partial charge < -0.3 is 9.47 Å². The number of allylic oxidation sites excluding steroid dienone is 2. The first-order valence-corrected chi connectivity index (χ1v) is 10.5. The van der Waals surface area contributed by atoms with Gasteiger partial charge >= 0.3 is 11.9 Å². The summed E-state index contributed by atoms with van der Waals surface area (Å²) in [7, 11) is 2.64. The van der Waals surface area contributed by atoms with E-state index in [9.17, 15) is 14.4 Å². The van der Waals surface area contributed by atoms with Gasteiger partial charge in [-0.1, -0.05) is 72.8 Å². The quantitative estimate of drug-likeness (QED) is 0.388. The van der Waals surface area contributed by atoms with E-state index in [0.29, 0.717) is 18.4 Å². The lowest BCUT2D eigenvalue weighted by Gasteiger charge is -2.43. The highest BCUT2D eigenvalue weighted by Gasteiger charge is 2.68. The fourth-order valence-electron chi connectivity index (χ4n) is 5.61. The molecule has 1 fully saturated rings. The molecule has 0 radical (unpaired) electrons. The number of benzene rings is 2. The summed E-state index contributed by atoms with van der Waals surface area (Å²) >= 11 is 0. The minimum atomic E-state index is -1.32. The van der Waals surface area contributed by atoms with Gasteiger partial charge in [0.15, 0.2) is 5.78 Å². The van der Waals surface area contributed by atoms with Gasteiger partial charge in [-0.2, -0.15) is 0 Å². The van der Waals surface area contributed by atoms with Gasteiger partial charge in [0.2, 0.25) is 0 Å². The van der Waals surface area contributed by atoms with Gasteiger partial charge in [-0.05, 0) is 30.2 Å². The predicted molar refractivity (Wildman–Crippen MR) is 115 cm³/mol. The molecule has 5 heteroatoms. The Morgan fingerprint density at radius 3 is 2.19 bits per heavy atom. The van der Waals surface area contributed by atoms with Crippen LogP contribution in [-0.4, -0.2) is 31.9 Å². The zero-order chi connectivity index (χ0) is 22.0. The van der Waals surface area contributed by atoms with Crippen LogP contribution in [0.2, 0.25) is 0 Å². The molecule has 2 aliphatic rings. The van der Waals surface area contributed by atoms with Gasteiger partial charge in [0.25, 0.3) is 0 Å². The number of esters is 2. The van der Waals surface area contributed by atoms with Crippen molar-refractivity contribution in [1.29, 1.82) is 0 Å². The van der Waals surface area contributed by atoms with Crippen LogP contribution in [0.3, 0.4) is 0 Å². The maximum absolute atomic E-state index is 13.9. The lowest BCUT2D eigenvalue weighted by atomic mass is 9.57. The Labute approximate surface area is 182 Å². The number of hydrogen-bond acceptors (Lipinski definition) is 5. The smallest absolute Gasteiger partial charge is 0.314 e. The molecule has 0 heterocycles. The second-order valence-electron chi connectivity index (χ2n) is 8.29. The number of ether oxygens (including phenoxy) is 2. The van der Waals surface area contributed by atoms with E-state index in [1.165, 1.54) is 14.2 Å². The Balaban J connectivity index is 1.90. The first kappa shape index (κ1) is 21.0. The Morgan fingerprint density at radius 2 is 1.58 bits per heavy atom. The molecule has 2 aromatic rings. The number of fused-ring (bicyclic) bond motifs is 2. The number of Topliss-reactive ketones (excluding diaryl/α,β-unsaturated/α-hetero) is 1. The van der Waals surface area contributed by atoms with Crippen LogP contribution in [0.25, 0.3) is 0 Å². The van der Waals surface area contributed by atoms with Gasteiger partial charge in [-0.3, -0.25) is 14.4 Å². The molecular weight excluding hydrogens is 392 g/mol. The van der Waals surface area contributed by atoms with Crippen molar-refractivity contribution >= 4 is 17.7 Å². The predicted octanol–water partition coefficient (Wildman–Crippen LogP) is 3.88. The second-order valence-corrected chi connectivity index (χ2v) is 8.29. The number of carbonyl (C=O) groups excluding carboxylic acids is 3. The molecule has 160 valence electrons. The third-order valence-electron chi connectivity index (χ3n) is 6.90. The average molecular weight is 418 g/mol. The molecule has 0 aromatic heterocycles. The van der Waals surface area contributed by atoms with Crippen LogP contribution in [0.1, 0.15) is 22.3 Å². The average Bonchev–Trinajstić information content (AvgIpc) is 3.43. The lowest BCUT2D eigenvalue weighted by Crippen LogP contribution is -2.54. The molecule has 5 atom stereocenters. The molecule has 2 aromatic carbocycles. The topological polar surface area (TPSA) is 69.7 Å². The standard InChI is InChI=1S/C26H26O5/c1-30-24(28)22-19-13-14-20(16-19)26(22,25(29)31-2)21(15-17-9-5-3-6-10-17)23(27)18-11-7-4-8-12-18/h3-14,19-22H,15-16H2,1-2H3/t19-,20+,21?,22-,26-/m0/s1. The molecule has 4 rings (SSSR count). The minimum Gasteiger partial charge on any atom is -0.469 e. The molecule has 31 heavy (non-hydrogen) atoms. The van der Waals surface area contributed by atoms with Gasteiger partial charge in [-0.15, -0.1) is 0 Å².